The summed E-state index contributed by atoms with van der Waals surface area (Å²) in [6, 6.07) is 10.4. The number of sulfonamides is 1. The van der Waals surface area contributed by atoms with Crippen molar-refractivity contribution < 1.29 is 27.4 Å². The molecule has 28 heavy (non-hydrogen) atoms. The lowest BCUT2D eigenvalue weighted by molar-refractivity contribution is -0.116. The van der Waals surface area contributed by atoms with E-state index in [9.17, 15) is 13.2 Å². The number of benzene rings is 2. The first-order valence-corrected chi connectivity index (χ1v) is 10.2. The average molecular weight is 408 g/mol. The van der Waals surface area contributed by atoms with Crippen LogP contribution < -0.4 is 23.8 Å². The number of nitrogens with zero attached hydrogens (tertiary/aromatic N) is 1. The summed E-state index contributed by atoms with van der Waals surface area (Å²) < 4.78 is 41.4. The van der Waals surface area contributed by atoms with Gasteiger partial charge in [-0.1, -0.05) is 6.07 Å². The zero-order chi connectivity index (χ0) is 20.9. The van der Waals surface area contributed by atoms with Crippen molar-refractivity contribution in [3.05, 3.63) is 42.5 Å². The highest BCUT2D eigenvalue weighted by Crippen LogP contribution is 2.30. The topological polar surface area (TPSA) is 94.2 Å². The molecule has 1 amide bonds. The quantitative estimate of drug-likeness (QED) is 0.721. The summed E-state index contributed by atoms with van der Waals surface area (Å²) in [5, 5.41) is 2.71. The highest BCUT2D eigenvalue weighted by atomic mass is 32.2. The second-order valence-electron chi connectivity index (χ2n) is 5.99. The zero-order valence-corrected chi connectivity index (χ0v) is 17.2. The van der Waals surface area contributed by atoms with Crippen LogP contribution in [-0.4, -0.2) is 48.0 Å². The van der Waals surface area contributed by atoms with Gasteiger partial charge in [-0.3, -0.25) is 9.10 Å². The number of rotatable bonds is 8. The fraction of sp³-hybridized carbons (Fsp3) is 0.316. The lowest BCUT2D eigenvalue weighted by Crippen LogP contribution is -2.45. The van der Waals surface area contributed by atoms with E-state index in [2.05, 4.69) is 5.32 Å². The molecule has 8 nitrogen and oxygen atoms in total. The maximum Gasteiger partial charge on any atom is 0.248 e. The molecule has 1 N–H and O–H groups in total. The third-order valence-electron chi connectivity index (χ3n) is 4.06. The Kier molecular flexibility index (Phi) is 6.74. The molecule has 1 atom stereocenters. The zero-order valence-electron chi connectivity index (χ0n) is 16.4. The number of methoxy groups -OCH3 is 3. The van der Waals surface area contributed by atoms with Crippen LogP contribution in [0.15, 0.2) is 42.5 Å². The van der Waals surface area contributed by atoms with E-state index in [0.29, 0.717) is 28.6 Å². The van der Waals surface area contributed by atoms with Crippen molar-refractivity contribution in [3.63, 3.8) is 0 Å². The molecule has 0 unspecified atom stereocenters. The summed E-state index contributed by atoms with van der Waals surface area (Å²) in [5.41, 5.74) is 0.727. The van der Waals surface area contributed by atoms with Crippen LogP contribution in [0.4, 0.5) is 11.4 Å². The number of carbonyl (C=O) groups excluding carboxylic acids is 1. The lowest BCUT2D eigenvalue weighted by atomic mass is 10.2. The summed E-state index contributed by atoms with van der Waals surface area (Å²) in [4.78, 5) is 12.8. The van der Waals surface area contributed by atoms with Gasteiger partial charge in [0.05, 0.1) is 39.0 Å². The summed E-state index contributed by atoms with van der Waals surface area (Å²) in [5.74, 6) is 0.927. The van der Waals surface area contributed by atoms with E-state index in [1.54, 1.807) is 42.5 Å². The van der Waals surface area contributed by atoms with E-state index in [4.69, 9.17) is 14.2 Å². The maximum absolute atomic E-state index is 12.8. The molecule has 0 fully saturated rings. The third kappa shape index (κ3) is 4.86. The van der Waals surface area contributed by atoms with Crippen LogP contribution in [0.3, 0.4) is 0 Å². The molecule has 2 aromatic carbocycles. The molecule has 0 bridgehead atoms. The highest BCUT2D eigenvalue weighted by molar-refractivity contribution is 7.92. The van der Waals surface area contributed by atoms with Gasteiger partial charge < -0.3 is 19.5 Å². The van der Waals surface area contributed by atoms with E-state index >= 15 is 0 Å². The van der Waals surface area contributed by atoms with E-state index < -0.39 is 22.0 Å². The number of amides is 1. The van der Waals surface area contributed by atoms with Crippen molar-refractivity contribution in [1.82, 2.24) is 0 Å². The van der Waals surface area contributed by atoms with Crippen LogP contribution in [0.2, 0.25) is 0 Å². The van der Waals surface area contributed by atoms with Crippen molar-refractivity contribution >= 4 is 27.3 Å². The Labute approximate surface area is 165 Å². The number of nitrogens with one attached hydrogen (secondary N) is 1. The van der Waals surface area contributed by atoms with E-state index in [1.807, 2.05) is 0 Å². The standard InChI is InChI=1S/C19H24N2O6S/c1-13(19(22)20-17-10-9-16(26-3)12-18(17)27-4)21(28(5,23)24)14-7-6-8-15(11-14)25-2/h6-13H,1-5H3,(H,20,22)/t13-/m1/s1. The minimum absolute atomic E-state index is 0.325. The van der Waals surface area contributed by atoms with Gasteiger partial charge in [0.1, 0.15) is 23.3 Å². The van der Waals surface area contributed by atoms with Gasteiger partial charge >= 0.3 is 0 Å². The van der Waals surface area contributed by atoms with Gasteiger partial charge in [-0.25, -0.2) is 8.42 Å². The van der Waals surface area contributed by atoms with Gasteiger partial charge in [0.25, 0.3) is 0 Å². The molecule has 0 spiro atoms. The number of anilines is 2. The Hall–Kier alpha value is -2.94. The normalized spacial score (nSPS) is 12.0. The van der Waals surface area contributed by atoms with Crippen LogP contribution in [-0.2, 0) is 14.8 Å². The van der Waals surface area contributed by atoms with E-state index in [1.165, 1.54) is 28.3 Å². The summed E-state index contributed by atoms with van der Waals surface area (Å²) in [6.45, 7) is 1.51. The van der Waals surface area contributed by atoms with E-state index in [-0.39, 0.29) is 0 Å². The van der Waals surface area contributed by atoms with Gasteiger partial charge in [0.2, 0.25) is 15.9 Å². The number of ether oxygens (including phenoxy) is 3. The van der Waals surface area contributed by atoms with Crippen LogP contribution in [0.1, 0.15) is 6.92 Å². The van der Waals surface area contributed by atoms with Crippen molar-refractivity contribution in [3.8, 4) is 17.2 Å². The van der Waals surface area contributed by atoms with Gasteiger partial charge in [0.15, 0.2) is 0 Å². The van der Waals surface area contributed by atoms with Crippen molar-refractivity contribution in [2.75, 3.05) is 37.2 Å². The van der Waals surface area contributed by atoms with Gasteiger partial charge in [-0.15, -0.1) is 0 Å². The monoisotopic (exact) mass is 408 g/mol. The summed E-state index contributed by atoms with van der Waals surface area (Å²) in [6.07, 6.45) is 1.05. The SMILES string of the molecule is COc1cccc(N([C@H](C)C(=O)Nc2ccc(OC)cc2OC)S(C)(=O)=O)c1. The summed E-state index contributed by atoms with van der Waals surface area (Å²) in [7, 11) is 0.728. The maximum atomic E-state index is 12.8. The first-order chi connectivity index (χ1) is 13.2. The Morgan fingerprint density at radius 3 is 2.21 bits per heavy atom. The van der Waals surface area contributed by atoms with Crippen molar-refractivity contribution in [1.29, 1.82) is 0 Å². The van der Waals surface area contributed by atoms with Gasteiger partial charge in [-0.2, -0.15) is 0 Å². The molecule has 9 heteroatoms. The third-order valence-corrected chi connectivity index (χ3v) is 5.30. The van der Waals surface area contributed by atoms with Crippen LogP contribution >= 0.6 is 0 Å². The second-order valence-corrected chi connectivity index (χ2v) is 7.85. The second kappa shape index (κ2) is 8.83. The smallest absolute Gasteiger partial charge is 0.248 e. The minimum atomic E-state index is -3.74. The molecule has 2 rings (SSSR count). The Bertz CT molecular complexity index is 945. The molecule has 0 radical (unpaired) electrons. The Morgan fingerprint density at radius 1 is 1.00 bits per heavy atom. The summed E-state index contributed by atoms with van der Waals surface area (Å²) >= 11 is 0. The lowest BCUT2D eigenvalue weighted by Gasteiger charge is -2.28. The number of hydrogen-bond acceptors (Lipinski definition) is 6. The molecular formula is C19H24N2O6S. The van der Waals surface area contributed by atoms with Crippen molar-refractivity contribution in [2.24, 2.45) is 0 Å². The molecule has 0 aromatic heterocycles. The molecule has 0 heterocycles. The molecular weight excluding hydrogens is 384 g/mol. The first kappa shape index (κ1) is 21.4. The predicted molar refractivity (Wildman–Crippen MR) is 108 cm³/mol. The highest BCUT2D eigenvalue weighted by Gasteiger charge is 2.30. The fourth-order valence-corrected chi connectivity index (χ4v) is 3.86. The van der Waals surface area contributed by atoms with Crippen LogP contribution in [0.25, 0.3) is 0 Å². The van der Waals surface area contributed by atoms with Crippen molar-refractivity contribution in [2.45, 2.75) is 13.0 Å². The predicted octanol–water partition coefficient (Wildman–Crippen LogP) is 2.51. The van der Waals surface area contributed by atoms with Crippen LogP contribution in [0, 0.1) is 0 Å². The number of hydrogen-bond donors (Lipinski definition) is 1. The average Bonchev–Trinajstić information content (AvgIpc) is 2.67. The fourth-order valence-electron chi connectivity index (χ4n) is 2.70. The van der Waals surface area contributed by atoms with Crippen LogP contribution in [0.5, 0.6) is 17.2 Å². The minimum Gasteiger partial charge on any atom is -0.497 e. The molecule has 0 saturated carbocycles. The molecule has 0 aliphatic heterocycles. The van der Waals surface area contributed by atoms with E-state index in [0.717, 1.165) is 10.6 Å². The molecule has 0 aliphatic carbocycles. The molecule has 0 aliphatic rings. The Morgan fingerprint density at radius 2 is 1.64 bits per heavy atom. The Balaban J connectivity index is 2.34. The molecule has 2 aromatic rings. The largest absolute Gasteiger partial charge is 0.497 e. The van der Waals surface area contributed by atoms with Gasteiger partial charge in [0, 0.05) is 12.1 Å². The first-order valence-electron chi connectivity index (χ1n) is 8.37. The molecule has 152 valence electrons. The number of carbonyl (C=O) groups is 1. The molecule has 0 saturated heterocycles. The van der Waals surface area contributed by atoms with Gasteiger partial charge in [-0.05, 0) is 31.2 Å².